The predicted octanol–water partition coefficient (Wildman–Crippen LogP) is 0.228. The van der Waals surface area contributed by atoms with Gasteiger partial charge in [0.15, 0.2) is 5.69 Å². The second-order valence-corrected chi connectivity index (χ2v) is 4.88. The minimum Gasteiger partial charge on any atom is -0.396 e. The number of nitrogens with two attached hydrogens (primary N) is 1. The average molecular weight is 279 g/mol. The van der Waals surface area contributed by atoms with Gasteiger partial charge in [-0.05, 0) is 19.8 Å². The molecule has 0 unspecified atom stereocenters. The number of amides is 2. The Morgan fingerprint density at radius 3 is 2.70 bits per heavy atom. The van der Waals surface area contributed by atoms with Crippen LogP contribution in [-0.4, -0.2) is 46.1 Å². The van der Waals surface area contributed by atoms with E-state index in [1.165, 1.54) is 0 Å². The van der Waals surface area contributed by atoms with Crippen molar-refractivity contribution in [2.45, 2.75) is 32.7 Å². The van der Waals surface area contributed by atoms with Crippen molar-refractivity contribution in [1.82, 2.24) is 20.0 Å². The van der Waals surface area contributed by atoms with Crippen LogP contribution in [0.5, 0.6) is 0 Å². The van der Waals surface area contributed by atoms with E-state index in [9.17, 15) is 9.59 Å². The number of anilines is 1. The van der Waals surface area contributed by atoms with Gasteiger partial charge < -0.3 is 16.0 Å². The predicted molar refractivity (Wildman–Crippen MR) is 75.1 cm³/mol. The molecule has 7 heteroatoms. The highest BCUT2D eigenvalue weighted by molar-refractivity contribution is 5.97. The average Bonchev–Trinajstić information content (AvgIpc) is 3.07. The third kappa shape index (κ3) is 3.28. The molecular formula is C13H21N5O2. The van der Waals surface area contributed by atoms with E-state index in [1.54, 1.807) is 10.9 Å². The molecule has 1 aliphatic rings. The van der Waals surface area contributed by atoms with E-state index in [1.807, 2.05) is 11.8 Å². The van der Waals surface area contributed by atoms with Crippen molar-refractivity contribution in [3.8, 4) is 0 Å². The number of rotatable bonds is 5. The van der Waals surface area contributed by atoms with Crippen LogP contribution in [0.4, 0.5) is 5.69 Å². The monoisotopic (exact) mass is 279 g/mol. The molecule has 1 aliphatic heterocycles. The molecule has 1 aromatic heterocycles. The van der Waals surface area contributed by atoms with E-state index >= 15 is 0 Å². The molecule has 2 rings (SSSR count). The molecule has 2 amide bonds. The van der Waals surface area contributed by atoms with Gasteiger partial charge in [0, 0.05) is 38.8 Å². The maximum absolute atomic E-state index is 11.9. The molecule has 0 radical (unpaired) electrons. The van der Waals surface area contributed by atoms with Crippen LogP contribution in [-0.2, 0) is 11.3 Å². The van der Waals surface area contributed by atoms with Crippen molar-refractivity contribution in [3.63, 3.8) is 0 Å². The Balaban J connectivity index is 1.79. The normalized spacial score (nSPS) is 14.6. The number of nitrogens with zero attached hydrogens (tertiary/aromatic N) is 3. The number of likely N-dealkylation sites (tertiary alicyclic amines) is 1. The molecule has 0 aliphatic carbocycles. The zero-order chi connectivity index (χ0) is 14.5. The summed E-state index contributed by atoms with van der Waals surface area (Å²) in [6.45, 7) is 4.56. The van der Waals surface area contributed by atoms with Crippen molar-refractivity contribution >= 4 is 17.5 Å². The molecule has 2 heterocycles. The lowest BCUT2D eigenvalue weighted by atomic mass is 10.3. The smallest absolute Gasteiger partial charge is 0.273 e. The van der Waals surface area contributed by atoms with E-state index in [2.05, 4.69) is 10.4 Å². The van der Waals surface area contributed by atoms with Gasteiger partial charge in [-0.3, -0.25) is 14.3 Å². The SMILES string of the molecule is CCn1cc(N)c(C(=O)NCCC(=O)N2CCCC2)n1. The first-order valence-corrected chi connectivity index (χ1v) is 7.00. The number of aryl methyl sites for hydroxylation is 1. The number of carbonyl (C=O) groups is 2. The Hall–Kier alpha value is -2.05. The van der Waals surface area contributed by atoms with Crippen molar-refractivity contribution < 1.29 is 9.59 Å². The summed E-state index contributed by atoms with van der Waals surface area (Å²) in [5.41, 5.74) is 6.31. The van der Waals surface area contributed by atoms with Gasteiger partial charge in [-0.15, -0.1) is 0 Å². The largest absolute Gasteiger partial charge is 0.396 e. The van der Waals surface area contributed by atoms with Gasteiger partial charge in [0.05, 0.1) is 5.69 Å². The molecule has 3 N–H and O–H groups in total. The van der Waals surface area contributed by atoms with E-state index in [4.69, 9.17) is 5.73 Å². The first-order valence-electron chi connectivity index (χ1n) is 7.00. The molecule has 0 spiro atoms. The Morgan fingerprint density at radius 2 is 2.10 bits per heavy atom. The zero-order valence-electron chi connectivity index (χ0n) is 11.8. The zero-order valence-corrected chi connectivity index (χ0v) is 11.8. The topological polar surface area (TPSA) is 93.2 Å². The molecule has 20 heavy (non-hydrogen) atoms. The lowest BCUT2D eigenvalue weighted by molar-refractivity contribution is -0.129. The highest BCUT2D eigenvalue weighted by Gasteiger charge is 2.18. The quantitative estimate of drug-likeness (QED) is 0.806. The maximum atomic E-state index is 11.9. The van der Waals surface area contributed by atoms with Crippen LogP contribution in [0.15, 0.2) is 6.20 Å². The number of aromatic nitrogens is 2. The molecule has 110 valence electrons. The van der Waals surface area contributed by atoms with E-state index in [0.717, 1.165) is 25.9 Å². The van der Waals surface area contributed by atoms with E-state index in [-0.39, 0.29) is 17.5 Å². The second kappa shape index (κ2) is 6.40. The minimum absolute atomic E-state index is 0.0925. The minimum atomic E-state index is -0.330. The fourth-order valence-corrected chi connectivity index (χ4v) is 2.27. The van der Waals surface area contributed by atoms with Crippen LogP contribution in [0.2, 0.25) is 0 Å². The van der Waals surface area contributed by atoms with Gasteiger partial charge in [0.25, 0.3) is 5.91 Å². The molecule has 0 bridgehead atoms. The summed E-state index contributed by atoms with van der Waals surface area (Å²) in [7, 11) is 0. The van der Waals surface area contributed by atoms with Gasteiger partial charge in [-0.2, -0.15) is 5.10 Å². The van der Waals surface area contributed by atoms with E-state index in [0.29, 0.717) is 25.2 Å². The van der Waals surface area contributed by atoms with Crippen LogP contribution in [0, 0.1) is 0 Å². The van der Waals surface area contributed by atoms with Crippen LogP contribution in [0.25, 0.3) is 0 Å². The van der Waals surface area contributed by atoms with Gasteiger partial charge in [0.1, 0.15) is 0 Å². The van der Waals surface area contributed by atoms with Crippen LogP contribution >= 0.6 is 0 Å². The summed E-state index contributed by atoms with van der Waals surface area (Å²) in [6.07, 6.45) is 4.09. The molecular weight excluding hydrogens is 258 g/mol. The summed E-state index contributed by atoms with van der Waals surface area (Å²) < 4.78 is 1.61. The van der Waals surface area contributed by atoms with Gasteiger partial charge >= 0.3 is 0 Å². The highest BCUT2D eigenvalue weighted by Crippen LogP contribution is 2.10. The summed E-state index contributed by atoms with van der Waals surface area (Å²) in [6, 6.07) is 0. The maximum Gasteiger partial charge on any atom is 0.273 e. The summed E-state index contributed by atoms with van der Waals surface area (Å²) >= 11 is 0. The lowest BCUT2D eigenvalue weighted by Gasteiger charge is -2.14. The van der Waals surface area contributed by atoms with Gasteiger partial charge in [-0.1, -0.05) is 0 Å². The molecule has 1 fully saturated rings. The van der Waals surface area contributed by atoms with Crippen LogP contribution in [0.1, 0.15) is 36.7 Å². The molecule has 1 aromatic rings. The molecule has 7 nitrogen and oxygen atoms in total. The van der Waals surface area contributed by atoms with Gasteiger partial charge in [-0.25, -0.2) is 0 Å². The van der Waals surface area contributed by atoms with Crippen molar-refractivity contribution in [2.75, 3.05) is 25.4 Å². The summed E-state index contributed by atoms with van der Waals surface area (Å²) in [5.74, 6) is -0.237. The third-order valence-electron chi connectivity index (χ3n) is 3.41. The lowest BCUT2D eigenvalue weighted by Crippen LogP contribution is -2.33. The fourth-order valence-electron chi connectivity index (χ4n) is 2.27. The number of hydrogen-bond donors (Lipinski definition) is 2. The van der Waals surface area contributed by atoms with Crippen LogP contribution < -0.4 is 11.1 Å². The Labute approximate surface area is 118 Å². The fraction of sp³-hybridized carbons (Fsp3) is 0.615. The Kier molecular flexibility index (Phi) is 4.60. The van der Waals surface area contributed by atoms with E-state index < -0.39 is 0 Å². The number of nitrogens with one attached hydrogen (secondary N) is 1. The Bertz CT molecular complexity index is 491. The number of hydrogen-bond acceptors (Lipinski definition) is 4. The second-order valence-electron chi connectivity index (χ2n) is 4.88. The van der Waals surface area contributed by atoms with Gasteiger partial charge in [0.2, 0.25) is 5.91 Å². The standard InChI is InChI=1S/C13H21N5O2/c1-2-18-9-10(14)12(16-18)13(20)15-6-5-11(19)17-7-3-4-8-17/h9H,2-8,14H2,1H3,(H,15,20). The molecule has 0 aromatic carbocycles. The van der Waals surface area contributed by atoms with Crippen molar-refractivity contribution in [2.24, 2.45) is 0 Å². The first-order chi connectivity index (χ1) is 9.61. The number of nitrogen functional groups attached to an aromatic ring is 1. The Morgan fingerprint density at radius 1 is 1.40 bits per heavy atom. The third-order valence-corrected chi connectivity index (χ3v) is 3.41. The highest BCUT2D eigenvalue weighted by atomic mass is 16.2. The number of carbonyl (C=O) groups excluding carboxylic acids is 2. The summed E-state index contributed by atoms with van der Waals surface area (Å²) in [5, 5.41) is 6.78. The summed E-state index contributed by atoms with van der Waals surface area (Å²) in [4.78, 5) is 25.6. The van der Waals surface area contributed by atoms with Crippen molar-refractivity contribution in [3.05, 3.63) is 11.9 Å². The molecule has 1 saturated heterocycles. The molecule has 0 saturated carbocycles. The first kappa shape index (κ1) is 14.4. The molecule has 0 atom stereocenters. The van der Waals surface area contributed by atoms with Crippen LogP contribution in [0.3, 0.4) is 0 Å². The van der Waals surface area contributed by atoms with Crippen molar-refractivity contribution in [1.29, 1.82) is 0 Å².